The highest BCUT2D eigenvalue weighted by atomic mass is 16.6. The Morgan fingerprint density at radius 2 is 1.62 bits per heavy atom. The van der Waals surface area contributed by atoms with Crippen LogP contribution in [0, 0.1) is 0 Å². The summed E-state index contributed by atoms with van der Waals surface area (Å²) in [6, 6.07) is 19.6. The third-order valence-electron chi connectivity index (χ3n) is 3.87. The first-order valence-electron chi connectivity index (χ1n) is 7.43. The molecule has 1 atom stereocenters. The van der Waals surface area contributed by atoms with Crippen LogP contribution in [0.2, 0.25) is 0 Å². The Kier molecular flexibility index (Phi) is 4.20. The summed E-state index contributed by atoms with van der Waals surface area (Å²) in [5.74, 6) is 0.597. The van der Waals surface area contributed by atoms with Crippen LogP contribution in [0.15, 0.2) is 60.7 Å². The van der Waals surface area contributed by atoms with Crippen LogP contribution in [-0.2, 0) is 0 Å². The average Bonchev–Trinajstić information content (AvgIpc) is 2.56. The predicted octanol–water partition coefficient (Wildman–Crippen LogP) is 4.41. The maximum atomic E-state index is 12.5. The van der Waals surface area contributed by atoms with Crippen LogP contribution in [0.25, 0.3) is 0 Å². The quantitative estimate of drug-likeness (QED) is 0.816. The van der Waals surface area contributed by atoms with Gasteiger partial charge in [-0.1, -0.05) is 48.5 Å². The zero-order chi connectivity index (χ0) is 14.5. The van der Waals surface area contributed by atoms with Gasteiger partial charge in [0.2, 0.25) is 0 Å². The molecule has 1 fully saturated rings. The van der Waals surface area contributed by atoms with Gasteiger partial charge in [0.15, 0.2) is 0 Å². The molecule has 3 rings (SSSR count). The van der Waals surface area contributed by atoms with E-state index in [0.29, 0.717) is 5.75 Å². The van der Waals surface area contributed by atoms with E-state index in [2.05, 4.69) is 12.1 Å². The largest absolute Gasteiger partial charge is 0.415 e. The molecule has 0 aliphatic carbocycles. The Labute approximate surface area is 125 Å². The molecule has 0 spiro atoms. The van der Waals surface area contributed by atoms with Gasteiger partial charge in [0.1, 0.15) is 5.75 Å². The van der Waals surface area contributed by atoms with E-state index in [1.165, 1.54) is 5.56 Å². The standard InChI is InChI=1S/C18H19NO2/c20-18(21-16-11-5-2-6-12-16)19-14-8-7-13-17(19)15-9-3-1-4-10-15/h1-6,9-12,17H,7-8,13-14H2. The molecule has 0 bridgehead atoms. The molecule has 3 heteroatoms. The topological polar surface area (TPSA) is 29.5 Å². The molecule has 0 radical (unpaired) electrons. The summed E-state index contributed by atoms with van der Waals surface area (Å²) in [5, 5.41) is 0. The molecule has 2 aromatic carbocycles. The molecular weight excluding hydrogens is 262 g/mol. The molecule has 1 unspecified atom stereocenters. The van der Waals surface area contributed by atoms with Gasteiger partial charge in [0.05, 0.1) is 6.04 Å². The summed E-state index contributed by atoms with van der Waals surface area (Å²) in [6.45, 7) is 0.755. The Bertz CT molecular complexity index is 583. The Hall–Kier alpha value is -2.29. The Morgan fingerprint density at radius 1 is 0.952 bits per heavy atom. The second-order valence-corrected chi connectivity index (χ2v) is 5.30. The zero-order valence-corrected chi connectivity index (χ0v) is 11.9. The maximum Gasteiger partial charge on any atom is 0.415 e. The minimum Gasteiger partial charge on any atom is -0.410 e. The third kappa shape index (κ3) is 3.24. The summed E-state index contributed by atoms with van der Waals surface area (Å²) in [4.78, 5) is 14.3. The normalized spacial score (nSPS) is 18.3. The van der Waals surface area contributed by atoms with Gasteiger partial charge in [-0.25, -0.2) is 4.79 Å². The van der Waals surface area contributed by atoms with E-state index < -0.39 is 0 Å². The van der Waals surface area contributed by atoms with Gasteiger partial charge in [-0.2, -0.15) is 0 Å². The van der Waals surface area contributed by atoms with E-state index in [0.717, 1.165) is 25.8 Å². The summed E-state index contributed by atoms with van der Waals surface area (Å²) in [6.07, 6.45) is 2.92. The molecule has 1 amide bonds. The van der Waals surface area contributed by atoms with E-state index >= 15 is 0 Å². The number of likely N-dealkylation sites (tertiary alicyclic amines) is 1. The van der Waals surface area contributed by atoms with Gasteiger partial charge in [0, 0.05) is 6.54 Å². The van der Waals surface area contributed by atoms with Crippen LogP contribution >= 0.6 is 0 Å². The predicted molar refractivity (Wildman–Crippen MR) is 82.2 cm³/mol. The van der Waals surface area contributed by atoms with Crippen molar-refractivity contribution in [2.75, 3.05) is 6.54 Å². The highest BCUT2D eigenvalue weighted by Gasteiger charge is 2.29. The van der Waals surface area contributed by atoms with Gasteiger partial charge in [-0.05, 0) is 37.0 Å². The van der Waals surface area contributed by atoms with Gasteiger partial charge in [-0.15, -0.1) is 0 Å². The van der Waals surface area contributed by atoms with Crippen molar-refractivity contribution in [3.63, 3.8) is 0 Å². The lowest BCUT2D eigenvalue weighted by atomic mass is 9.96. The van der Waals surface area contributed by atoms with E-state index in [-0.39, 0.29) is 12.1 Å². The number of piperidine rings is 1. The molecule has 3 nitrogen and oxygen atoms in total. The highest BCUT2D eigenvalue weighted by molar-refractivity contribution is 5.71. The maximum absolute atomic E-state index is 12.5. The van der Waals surface area contributed by atoms with Gasteiger partial charge in [0.25, 0.3) is 0 Å². The van der Waals surface area contributed by atoms with Crippen molar-refractivity contribution in [1.82, 2.24) is 4.90 Å². The lowest BCUT2D eigenvalue weighted by Gasteiger charge is -2.35. The molecular formula is C18H19NO2. The number of benzene rings is 2. The lowest BCUT2D eigenvalue weighted by molar-refractivity contribution is 0.113. The van der Waals surface area contributed by atoms with E-state index in [1.807, 2.05) is 41.3 Å². The monoisotopic (exact) mass is 281 g/mol. The first-order chi connectivity index (χ1) is 10.3. The lowest BCUT2D eigenvalue weighted by Crippen LogP contribution is -2.40. The van der Waals surface area contributed by atoms with Crippen molar-refractivity contribution < 1.29 is 9.53 Å². The first-order valence-corrected chi connectivity index (χ1v) is 7.43. The molecule has 1 heterocycles. The first kappa shape index (κ1) is 13.7. The number of rotatable bonds is 2. The molecule has 1 aliphatic rings. The Morgan fingerprint density at radius 3 is 2.33 bits per heavy atom. The van der Waals surface area contributed by atoms with Crippen LogP contribution in [0.4, 0.5) is 4.79 Å². The van der Waals surface area contributed by atoms with E-state index in [9.17, 15) is 4.79 Å². The number of carbonyl (C=O) groups excluding carboxylic acids is 1. The summed E-state index contributed by atoms with van der Waals surface area (Å²) in [7, 11) is 0. The summed E-state index contributed by atoms with van der Waals surface area (Å²) < 4.78 is 5.49. The Balaban J connectivity index is 1.76. The fraction of sp³-hybridized carbons (Fsp3) is 0.278. The number of amides is 1. The SMILES string of the molecule is O=C(Oc1ccccc1)N1CCCCC1c1ccccc1. The fourth-order valence-corrected chi connectivity index (χ4v) is 2.82. The van der Waals surface area contributed by atoms with Crippen LogP contribution in [-0.4, -0.2) is 17.5 Å². The number of ether oxygens (including phenoxy) is 1. The summed E-state index contributed by atoms with van der Waals surface area (Å²) >= 11 is 0. The highest BCUT2D eigenvalue weighted by Crippen LogP contribution is 2.31. The minimum absolute atomic E-state index is 0.121. The number of hydrogen-bond acceptors (Lipinski definition) is 2. The summed E-state index contributed by atoms with van der Waals surface area (Å²) in [5.41, 5.74) is 1.18. The van der Waals surface area contributed by atoms with Gasteiger partial charge >= 0.3 is 6.09 Å². The van der Waals surface area contributed by atoms with Crippen LogP contribution in [0.1, 0.15) is 30.9 Å². The molecule has 21 heavy (non-hydrogen) atoms. The average molecular weight is 281 g/mol. The third-order valence-corrected chi connectivity index (χ3v) is 3.87. The number of nitrogens with zero attached hydrogens (tertiary/aromatic N) is 1. The molecule has 108 valence electrons. The second-order valence-electron chi connectivity index (χ2n) is 5.30. The van der Waals surface area contributed by atoms with Crippen molar-refractivity contribution in [2.24, 2.45) is 0 Å². The van der Waals surface area contributed by atoms with E-state index in [4.69, 9.17) is 4.74 Å². The van der Waals surface area contributed by atoms with Crippen molar-refractivity contribution >= 4 is 6.09 Å². The van der Waals surface area contributed by atoms with Crippen molar-refractivity contribution in [3.8, 4) is 5.75 Å². The molecule has 0 aromatic heterocycles. The molecule has 0 saturated carbocycles. The van der Waals surface area contributed by atoms with Crippen LogP contribution in [0.5, 0.6) is 5.75 Å². The van der Waals surface area contributed by atoms with Gasteiger partial charge < -0.3 is 9.64 Å². The van der Waals surface area contributed by atoms with E-state index in [1.54, 1.807) is 12.1 Å². The van der Waals surface area contributed by atoms with Gasteiger partial charge in [-0.3, -0.25) is 0 Å². The second kappa shape index (κ2) is 6.44. The number of hydrogen-bond donors (Lipinski definition) is 0. The van der Waals surface area contributed by atoms with Crippen LogP contribution < -0.4 is 4.74 Å². The number of carbonyl (C=O) groups is 1. The van der Waals surface area contributed by atoms with Crippen molar-refractivity contribution in [3.05, 3.63) is 66.2 Å². The van der Waals surface area contributed by atoms with Crippen molar-refractivity contribution in [2.45, 2.75) is 25.3 Å². The fourth-order valence-electron chi connectivity index (χ4n) is 2.82. The minimum atomic E-state index is -0.255. The van der Waals surface area contributed by atoms with Crippen molar-refractivity contribution in [1.29, 1.82) is 0 Å². The number of para-hydroxylation sites is 1. The molecule has 0 N–H and O–H groups in total. The zero-order valence-electron chi connectivity index (χ0n) is 11.9. The smallest absolute Gasteiger partial charge is 0.410 e. The molecule has 1 saturated heterocycles. The van der Waals surface area contributed by atoms with Crippen LogP contribution in [0.3, 0.4) is 0 Å². The molecule has 1 aliphatic heterocycles. The molecule has 2 aromatic rings.